The molecule has 0 aromatic carbocycles. The average Bonchev–Trinajstić information content (AvgIpc) is 1.27. The Bertz CT molecular complexity index is 103. The van der Waals surface area contributed by atoms with E-state index in [1.165, 1.54) is 0 Å². The largest absolute Gasteiger partial charge is 0.534 e. The van der Waals surface area contributed by atoms with Crippen LogP contribution in [0.5, 0.6) is 0 Å². The van der Waals surface area contributed by atoms with Crippen molar-refractivity contribution in [2.45, 2.75) is 0 Å². The van der Waals surface area contributed by atoms with E-state index in [1.807, 2.05) is 0 Å². The van der Waals surface area contributed by atoms with Crippen LogP contribution in [0, 0.1) is 13.8 Å². The number of allylic oxidation sites excluding steroid dienone is 2. The summed E-state index contributed by atoms with van der Waals surface area (Å²) >= 11 is 0. The zero-order valence-electron chi connectivity index (χ0n) is 16.4. The van der Waals surface area contributed by atoms with Gasteiger partial charge in [-0.05, 0) is 11.5 Å². The molecule has 0 heterocycles. The fourth-order valence-electron chi connectivity index (χ4n) is 0.204. The number of ether oxygens (including phenoxy) is 1. The molecule has 21 radical (unpaired) electrons. The van der Waals surface area contributed by atoms with Crippen molar-refractivity contribution in [1.82, 2.24) is 0 Å². The molecule has 0 atom stereocenters. The minimum atomic E-state index is 0. The van der Waals surface area contributed by atoms with Crippen LogP contribution in [0.25, 0.3) is 0 Å². The van der Waals surface area contributed by atoms with Crippen LogP contribution >= 0.6 is 0 Å². The van der Waals surface area contributed by atoms with E-state index in [2.05, 4.69) is 31.7 Å². The number of rotatable bonds is 2. The summed E-state index contributed by atoms with van der Waals surface area (Å²) in [7, 11) is 0. The summed E-state index contributed by atoms with van der Waals surface area (Å²) in [6.45, 7) is 13.4. The molecule has 0 rings (SSSR count). The summed E-state index contributed by atoms with van der Waals surface area (Å²) in [6.07, 6.45) is 0. The van der Waals surface area contributed by atoms with E-state index < -0.39 is 0 Å². The smallest absolute Gasteiger partial charge is 0 e. The first kappa shape index (κ1) is 153. The Hall–Kier alpha value is 22.2. The predicted octanol–water partition coefficient (Wildman–Crippen LogP) is 1.65. The number of hydrogen-bond acceptors (Lipinski definition) is 1. The van der Waals surface area contributed by atoms with Crippen LogP contribution in [0.15, 0.2) is 24.7 Å². The van der Waals surface area contributed by atoms with Crippen molar-refractivity contribution in [3.05, 3.63) is 38.5 Å². The van der Waals surface area contributed by atoms with Crippen molar-refractivity contribution < 1.29 is 692 Å². The van der Waals surface area contributed by atoms with Crippen LogP contribution in [-0.4, -0.2) is 0 Å². The Morgan fingerprint density at radius 3 is 0.393 bits per heavy atom. The molecule has 0 aliphatic rings. The monoisotopic (exact) mass is 1960 g/mol. The van der Waals surface area contributed by atoms with Crippen molar-refractivity contribution in [3.8, 4) is 0 Å². The minimum Gasteiger partial charge on any atom is -0.534 e. The van der Waals surface area contributed by atoms with Crippen molar-refractivity contribution in [1.29, 1.82) is 0 Å². The topological polar surface area (TPSA) is 9.23 Å². The summed E-state index contributed by atoms with van der Waals surface area (Å²) in [6, 6.07) is 0. The Kier molecular flexibility index (Phi) is 732. The van der Waals surface area contributed by atoms with Crippen molar-refractivity contribution >= 4 is 0 Å². The molecule has 103 valence electrons. The van der Waals surface area contributed by atoms with Gasteiger partial charge in [-0.2, -0.15) is 0 Å². The quantitative estimate of drug-likeness (QED) is 0.303. The van der Waals surface area contributed by atoms with E-state index in [0.29, 0.717) is 11.5 Å². The molecule has 0 aromatic rings. The van der Waals surface area contributed by atoms with E-state index in [0.717, 1.165) is 0 Å². The van der Waals surface area contributed by atoms with Gasteiger partial charge in [-0.3, -0.25) is 0 Å². The molecule has 0 saturated carbocycles. The summed E-state index contributed by atoms with van der Waals surface area (Å²) in [4.78, 5) is 0. The van der Waals surface area contributed by atoms with Gasteiger partial charge in [-0.1, -0.05) is 0 Å². The van der Waals surface area contributed by atoms with Gasteiger partial charge in [0.15, 0.2) is 0 Å². The van der Waals surface area contributed by atoms with Gasteiger partial charge in [0.1, 0.15) is 0 Å². The summed E-state index contributed by atoms with van der Waals surface area (Å²) < 4.78 is 4.64. The molecular formula is C6H8OY21-2. The normalized spacial score (nSPS) is 1.86. The maximum atomic E-state index is 4.64. The van der Waals surface area contributed by atoms with E-state index in [-0.39, 0.29) is 687 Å². The molecule has 0 amide bonds. The van der Waals surface area contributed by atoms with Gasteiger partial charge in [-0.15, -0.1) is 0 Å². The first-order valence-corrected chi connectivity index (χ1v) is 1.82. The molecule has 0 N–H and O–H groups in total. The van der Waals surface area contributed by atoms with Crippen LogP contribution in [0.2, 0.25) is 0 Å². The van der Waals surface area contributed by atoms with Gasteiger partial charge in [0, 0.05) is 687 Å². The zero-order valence-corrected chi connectivity index (χ0v) is 76.0. The third-order valence-electron chi connectivity index (χ3n) is 0.289. The second kappa shape index (κ2) is 134. The molecule has 0 saturated heterocycles. The van der Waals surface area contributed by atoms with Gasteiger partial charge in [0.05, 0.1) is 0 Å². The van der Waals surface area contributed by atoms with Gasteiger partial charge in [-0.25, -0.2) is 27.0 Å². The minimum absolute atomic E-state index is 0. The predicted molar refractivity (Wildman–Crippen MR) is 30.1 cm³/mol. The van der Waals surface area contributed by atoms with Crippen molar-refractivity contribution in [2.75, 3.05) is 0 Å². The van der Waals surface area contributed by atoms with Gasteiger partial charge in [0.25, 0.3) is 0 Å². The standard InChI is InChI=1S/C6H8O.21Y/c1-5(2)7-6(3)4;;;;;;;;;;;;;;;;;;;;;/h1-4H2;;;;;;;;;;;;;;;;;;;;;/q-2;;;;;;;;;;;;;;;;;;;;;. The van der Waals surface area contributed by atoms with Gasteiger partial charge in [0.2, 0.25) is 0 Å². The molecule has 22 heteroatoms. The molecule has 28 heavy (non-hydrogen) atoms. The second-order valence-electron chi connectivity index (χ2n) is 1.18. The van der Waals surface area contributed by atoms with E-state index in [1.54, 1.807) is 0 Å². The third-order valence-corrected chi connectivity index (χ3v) is 0.289. The molecular weight excluding hydrogens is 1960 g/mol. The van der Waals surface area contributed by atoms with E-state index in [4.69, 9.17) is 0 Å². The number of hydrogen-bond donors (Lipinski definition) is 0. The fourth-order valence-corrected chi connectivity index (χ4v) is 0.204. The Balaban J connectivity index is -0.000000000857. The third kappa shape index (κ3) is 156. The molecule has 0 aromatic heterocycles. The van der Waals surface area contributed by atoms with Gasteiger partial charge < -0.3 is 4.74 Å². The molecule has 0 unspecified atom stereocenters. The Morgan fingerprint density at radius 1 is 0.321 bits per heavy atom. The van der Waals surface area contributed by atoms with Crippen LogP contribution in [0.4, 0.5) is 0 Å². The van der Waals surface area contributed by atoms with Crippen LogP contribution < -0.4 is 0 Å². The Labute approximate surface area is 703 Å². The first-order chi connectivity index (χ1) is 3.13. The van der Waals surface area contributed by atoms with E-state index in [9.17, 15) is 0 Å². The van der Waals surface area contributed by atoms with E-state index >= 15 is 0 Å². The molecule has 0 spiro atoms. The fraction of sp³-hybridized carbons (Fsp3) is 0. The van der Waals surface area contributed by atoms with Crippen molar-refractivity contribution in [3.63, 3.8) is 0 Å². The van der Waals surface area contributed by atoms with Crippen LogP contribution in [-0.2, 0) is 692 Å². The molecule has 0 aliphatic heterocycles. The second-order valence-corrected chi connectivity index (χ2v) is 1.18. The summed E-state index contributed by atoms with van der Waals surface area (Å²) in [5.74, 6) is 0.750. The van der Waals surface area contributed by atoms with Crippen molar-refractivity contribution in [2.24, 2.45) is 0 Å². The summed E-state index contributed by atoms with van der Waals surface area (Å²) in [5, 5.41) is 0. The zero-order chi connectivity index (χ0) is 5.86. The first-order valence-electron chi connectivity index (χ1n) is 1.82. The average molecular weight is 1960 g/mol. The molecule has 0 fully saturated rings. The van der Waals surface area contributed by atoms with Crippen LogP contribution in [0.3, 0.4) is 0 Å². The molecule has 0 bridgehead atoms. The maximum Gasteiger partial charge on any atom is 0 e. The van der Waals surface area contributed by atoms with Crippen LogP contribution in [0.1, 0.15) is 0 Å². The molecule has 1 nitrogen and oxygen atoms in total. The maximum absolute atomic E-state index is 4.64. The summed E-state index contributed by atoms with van der Waals surface area (Å²) in [5.41, 5.74) is 0. The SMILES string of the molecule is C=C([CH2-])OC(=C)[CH2-].[Y].[Y].[Y].[Y].[Y].[Y].[Y].[Y].[Y].[Y].[Y].[Y].[Y].[Y].[Y].[Y].[Y].[Y].[Y].[Y].[Y]. The van der Waals surface area contributed by atoms with Gasteiger partial charge >= 0.3 is 0 Å². The Morgan fingerprint density at radius 2 is 0.393 bits per heavy atom. The molecule has 0 aliphatic carbocycles.